The molecule has 0 bridgehead atoms. The summed E-state index contributed by atoms with van der Waals surface area (Å²) in [4.78, 5) is 14.2. The zero-order chi connectivity index (χ0) is 13.2. The van der Waals surface area contributed by atoms with Gasteiger partial charge in [-0.3, -0.25) is 4.79 Å². The summed E-state index contributed by atoms with van der Waals surface area (Å²) in [5.41, 5.74) is 0.913. The molecule has 2 atom stereocenters. The van der Waals surface area contributed by atoms with Gasteiger partial charge in [0.15, 0.2) is 6.10 Å². The highest BCUT2D eigenvalue weighted by atomic mass is 16.5. The van der Waals surface area contributed by atoms with Gasteiger partial charge in [-0.2, -0.15) is 0 Å². The van der Waals surface area contributed by atoms with Gasteiger partial charge in [-0.25, -0.2) is 0 Å². The maximum absolute atomic E-state index is 12.3. The first-order chi connectivity index (χ1) is 9.25. The SMILES string of the molecule is CC1Oc2ccccc2N(CC2CCCNC2)C1=O. The monoisotopic (exact) mass is 260 g/mol. The summed E-state index contributed by atoms with van der Waals surface area (Å²) in [6, 6.07) is 7.80. The van der Waals surface area contributed by atoms with Gasteiger partial charge in [0, 0.05) is 6.54 Å². The molecule has 3 rings (SSSR count). The van der Waals surface area contributed by atoms with Gasteiger partial charge in [0.05, 0.1) is 5.69 Å². The molecule has 2 heterocycles. The van der Waals surface area contributed by atoms with Gasteiger partial charge in [0.2, 0.25) is 0 Å². The van der Waals surface area contributed by atoms with E-state index in [1.165, 1.54) is 12.8 Å². The Balaban J connectivity index is 1.83. The fraction of sp³-hybridized carbons (Fsp3) is 0.533. The van der Waals surface area contributed by atoms with E-state index >= 15 is 0 Å². The maximum atomic E-state index is 12.3. The first-order valence-electron chi connectivity index (χ1n) is 7.03. The van der Waals surface area contributed by atoms with Crippen molar-refractivity contribution >= 4 is 11.6 Å². The Morgan fingerprint density at radius 3 is 3.05 bits per heavy atom. The van der Waals surface area contributed by atoms with E-state index in [0.29, 0.717) is 5.92 Å². The number of para-hydroxylation sites is 2. The topological polar surface area (TPSA) is 41.6 Å². The van der Waals surface area contributed by atoms with Gasteiger partial charge >= 0.3 is 0 Å². The highest BCUT2D eigenvalue weighted by Gasteiger charge is 2.32. The van der Waals surface area contributed by atoms with Crippen LogP contribution in [0.4, 0.5) is 5.69 Å². The van der Waals surface area contributed by atoms with Crippen molar-refractivity contribution < 1.29 is 9.53 Å². The molecule has 4 heteroatoms. The van der Waals surface area contributed by atoms with E-state index in [2.05, 4.69) is 5.32 Å². The van der Waals surface area contributed by atoms with Crippen molar-refractivity contribution in [2.24, 2.45) is 5.92 Å². The lowest BCUT2D eigenvalue weighted by Crippen LogP contribution is -2.48. The highest BCUT2D eigenvalue weighted by Crippen LogP contribution is 2.34. The van der Waals surface area contributed by atoms with Crippen molar-refractivity contribution in [1.29, 1.82) is 0 Å². The first-order valence-corrected chi connectivity index (χ1v) is 7.03. The van der Waals surface area contributed by atoms with Crippen LogP contribution in [-0.2, 0) is 4.79 Å². The molecule has 1 amide bonds. The molecule has 2 unspecified atom stereocenters. The van der Waals surface area contributed by atoms with E-state index in [9.17, 15) is 4.79 Å². The van der Waals surface area contributed by atoms with Crippen molar-refractivity contribution in [2.45, 2.75) is 25.9 Å². The van der Waals surface area contributed by atoms with Crippen LogP contribution in [0.25, 0.3) is 0 Å². The van der Waals surface area contributed by atoms with Gasteiger partial charge in [0.25, 0.3) is 5.91 Å². The summed E-state index contributed by atoms with van der Waals surface area (Å²) in [5, 5.41) is 3.41. The third-order valence-corrected chi connectivity index (χ3v) is 3.91. The van der Waals surface area contributed by atoms with Crippen LogP contribution in [-0.4, -0.2) is 31.6 Å². The van der Waals surface area contributed by atoms with Crippen LogP contribution in [0.1, 0.15) is 19.8 Å². The summed E-state index contributed by atoms with van der Waals surface area (Å²) in [5.74, 6) is 1.43. The van der Waals surface area contributed by atoms with E-state index in [-0.39, 0.29) is 12.0 Å². The Hall–Kier alpha value is -1.55. The van der Waals surface area contributed by atoms with Gasteiger partial charge in [0.1, 0.15) is 5.75 Å². The average molecular weight is 260 g/mol. The largest absolute Gasteiger partial charge is 0.479 e. The molecule has 1 fully saturated rings. The number of carbonyl (C=O) groups is 1. The number of nitrogens with zero attached hydrogens (tertiary/aromatic N) is 1. The number of anilines is 1. The van der Waals surface area contributed by atoms with Crippen molar-refractivity contribution in [3.05, 3.63) is 24.3 Å². The van der Waals surface area contributed by atoms with Gasteiger partial charge in [-0.05, 0) is 50.9 Å². The van der Waals surface area contributed by atoms with Crippen molar-refractivity contribution in [3.63, 3.8) is 0 Å². The lowest BCUT2D eigenvalue weighted by molar-refractivity contribution is -0.125. The third kappa shape index (κ3) is 2.45. The molecule has 0 saturated carbocycles. The van der Waals surface area contributed by atoms with Gasteiger partial charge in [-0.1, -0.05) is 12.1 Å². The molecule has 0 aliphatic carbocycles. The number of hydrogen-bond acceptors (Lipinski definition) is 3. The Bertz CT molecular complexity index is 469. The molecular formula is C15H20N2O2. The summed E-state index contributed by atoms with van der Waals surface area (Å²) in [6.07, 6.45) is 2.00. The van der Waals surface area contributed by atoms with Crippen LogP contribution in [0.15, 0.2) is 24.3 Å². The Kier molecular flexibility index (Phi) is 3.42. The predicted octanol–water partition coefficient (Wildman–Crippen LogP) is 1.80. The second-order valence-corrected chi connectivity index (χ2v) is 5.39. The fourth-order valence-corrected chi connectivity index (χ4v) is 2.89. The van der Waals surface area contributed by atoms with Gasteiger partial charge in [-0.15, -0.1) is 0 Å². The molecule has 1 saturated heterocycles. The quantitative estimate of drug-likeness (QED) is 0.881. The van der Waals surface area contributed by atoms with Crippen molar-refractivity contribution in [1.82, 2.24) is 5.32 Å². The van der Waals surface area contributed by atoms with E-state index in [4.69, 9.17) is 4.74 Å². The normalized spacial score (nSPS) is 26.8. The lowest BCUT2D eigenvalue weighted by Gasteiger charge is -2.36. The summed E-state index contributed by atoms with van der Waals surface area (Å²) < 4.78 is 5.66. The number of ether oxygens (including phenoxy) is 1. The minimum Gasteiger partial charge on any atom is -0.479 e. The van der Waals surface area contributed by atoms with Crippen LogP contribution in [0.2, 0.25) is 0 Å². The third-order valence-electron chi connectivity index (χ3n) is 3.91. The van der Waals surface area contributed by atoms with Gasteiger partial charge < -0.3 is 15.0 Å². The number of benzene rings is 1. The molecule has 1 N–H and O–H groups in total. The number of carbonyl (C=O) groups excluding carboxylic acids is 1. The Morgan fingerprint density at radius 1 is 1.42 bits per heavy atom. The number of fused-ring (bicyclic) bond motifs is 1. The van der Waals surface area contributed by atoms with E-state index in [1.54, 1.807) is 0 Å². The standard InChI is InChI=1S/C15H20N2O2/c1-11-15(18)17(10-12-5-4-8-16-9-12)13-6-2-3-7-14(13)19-11/h2-3,6-7,11-12,16H,4-5,8-10H2,1H3. The molecule has 0 radical (unpaired) electrons. The molecule has 2 aliphatic rings. The molecular weight excluding hydrogens is 240 g/mol. The number of rotatable bonds is 2. The van der Waals surface area contributed by atoms with Crippen molar-refractivity contribution in [2.75, 3.05) is 24.5 Å². The smallest absolute Gasteiger partial charge is 0.267 e. The molecule has 0 spiro atoms. The van der Waals surface area contributed by atoms with Crippen LogP contribution in [0, 0.1) is 5.92 Å². The number of piperidine rings is 1. The zero-order valence-electron chi connectivity index (χ0n) is 11.3. The van der Waals surface area contributed by atoms with E-state index in [1.807, 2.05) is 36.1 Å². The number of hydrogen-bond donors (Lipinski definition) is 1. The molecule has 102 valence electrons. The molecule has 19 heavy (non-hydrogen) atoms. The number of nitrogens with one attached hydrogen (secondary N) is 1. The van der Waals surface area contributed by atoms with E-state index < -0.39 is 0 Å². The van der Waals surface area contributed by atoms with E-state index in [0.717, 1.165) is 31.1 Å². The highest BCUT2D eigenvalue weighted by molar-refractivity contribution is 5.99. The van der Waals surface area contributed by atoms with Crippen LogP contribution < -0.4 is 15.0 Å². The molecule has 2 aliphatic heterocycles. The Labute approximate surface area is 113 Å². The average Bonchev–Trinajstić information content (AvgIpc) is 2.45. The lowest BCUT2D eigenvalue weighted by atomic mass is 9.98. The second kappa shape index (κ2) is 5.21. The molecule has 1 aromatic carbocycles. The van der Waals surface area contributed by atoms with Crippen LogP contribution in [0.5, 0.6) is 5.75 Å². The molecule has 4 nitrogen and oxygen atoms in total. The minimum absolute atomic E-state index is 0.0734. The van der Waals surface area contributed by atoms with Crippen LogP contribution >= 0.6 is 0 Å². The molecule has 0 aromatic heterocycles. The van der Waals surface area contributed by atoms with Crippen molar-refractivity contribution in [3.8, 4) is 5.75 Å². The molecule has 1 aromatic rings. The second-order valence-electron chi connectivity index (χ2n) is 5.39. The number of amides is 1. The maximum Gasteiger partial charge on any atom is 0.267 e. The fourth-order valence-electron chi connectivity index (χ4n) is 2.89. The summed E-state index contributed by atoms with van der Waals surface area (Å²) in [7, 11) is 0. The predicted molar refractivity (Wildman–Crippen MR) is 74.5 cm³/mol. The zero-order valence-corrected chi connectivity index (χ0v) is 11.3. The van der Waals surface area contributed by atoms with Crippen LogP contribution in [0.3, 0.4) is 0 Å². The minimum atomic E-state index is -0.383. The first kappa shape index (κ1) is 12.5. The Morgan fingerprint density at radius 2 is 2.26 bits per heavy atom. The summed E-state index contributed by atoms with van der Waals surface area (Å²) >= 11 is 0. The summed E-state index contributed by atoms with van der Waals surface area (Å²) in [6.45, 7) is 4.71.